The SMILES string of the molecule is C[C@]12C(=O)N(c3cc(Cl)cc(Cl)c3)C(=O)[C@H]1[C@@]2(c1ccc(C#N)cc1)c1ccc(OC(F)(F)F)cc1.C[C@]12C(=O)N(c3cc(Cl)cc(Cl)c3)C(=O)[C@H]1[C@]2(c1ccc(C#N)cc1)c1ccc(OC(F)(F)F)cc1. The highest BCUT2D eigenvalue weighted by Crippen LogP contribution is 2.78. The topological polar surface area (TPSA) is 141 Å². The fourth-order valence-electron chi connectivity index (χ4n) is 11.1. The summed E-state index contributed by atoms with van der Waals surface area (Å²) >= 11 is 24.4. The van der Waals surface area contributed by atoms with Crippen molar-refractivity contribution in [2.75, 3.05) is 9.80 Å². The maximum absolute atomic E-state index is 13.8. The van der Waals surface area contributed by atoms with Crippen molar-refractivity contribution in [2.24, 2.45) is 22.7 Å². The third-order valence-electron chi connectivity index (χ3n) is 14.0. The Morgan fingerprint density at radius 3 is 0.958 bits per heavy atom. The van der Waals surface area contributed by atoms with Crippen molar-refractivity contribution in [1.82, 2.24) is 0 Å². The maximum atomic E-state index is 13.8. The van der Waals surface area contributed by atoms with Crippen LogP contribution in [0.4, 0.5) is 37.7 Å². The van der Waals surface area contributed by atoms with E-state index in [1.165, 1.54) is 60.7 Å². The van der Waals surface area contributed by atoms with Crippen molar-refractivity contribution < 1.29 is 55.0 Å². The van der Waals surface area contributed by atoms with Crippen LogP contribution in [0.25, 0.3) is 0 Å². The molecule has 4 fully saturated rings. The van der Waals surface area contributed by atoms with Gasteiger partial charge in [-0.2, -0.15) is 10.5 Å². The maximum Gasteiger partial charge on any atom is 0.573 e. The molecule has 0 radical (unpaired) electrons. The summed E-state index contributed by atoms with van der Waals surface area (Å²) in [5.74, 6) is -4.50. The minimum Gasteiger partial charge on any atom is -0.406 e. The van der Waals surface area contributed by atoms with Crippen LogP contribution in [-0.4, -0.2) is 36.4 Å². The minimum absolute atomic E-state index is 0.235. The number of benzene rings is 6. The number of hydrogen-bond acceptors (Lipinski definition) is 8. The number of fused-ring (bicyclic) bond motifs is 2. The molecule has 4 amide bonds. The first-order chi connectivity index (χ1) is 33.9. The number of nitrogens with zero attached hydrogens (tertiary/aromatic N) is 4. The van der Waals surface area contributed by atoms with Gasteiger partial charge in [-0.1, -0.05) is 94.9 Å². The second-order valence-corrected chi connectivity index (χ2v) is 19.4. The van der Waals surface area contributed by atoms with Crippen molar-refractivity contribution in [2.45, 2.75) is 37.4 Å². The van der Waals surface area contributed by atoms with Gasteiger partial charge in [0, 0.05) is 30.9 Å². The Kier molecular flexibility index (Phi) is 12.0. The number of nitriles is 2. The summed E-state index contributed by atoms with van der Waals surface area (Å²) < 4.78 is 84.0. The van der Waals surface area contributed by atoms with Crippen molar-refractivity contribution >= 4 is 81.4 Å². The first-order valence-electron chi connectivity index (χ1n) is 21.3. The van der Waals surface area contributed by atoms with Crippen molar-refractivity contribution in [3.63, 3.8) is 0 Å². The molecule has 0 bridgehead atoms. The van der Waals surface area contributed by atoms with Crippen LogP contribution >= 0.6 is 46.4 Å². The van der Waals surface area contributed by atoms with Crippen molar-refractivity contribution in [1.29, 1.82) is 10.5 Å². The number of carbonyl (C=O) groups excluding carboxylic acids is 4. The zero-order valence-electron chi connectivity index (χ0n) is 36.9. The summed E-state index contributed by atoms with van der Waals surface area (Å²) in [6.45, 7) is 3.31. The molecule has 2 heterocycles. The summed E-state index contributed by atoms with van der Waals surface area (Å²) in [4.78, 5) is 57.2. The number of imide groups is 2. The highest BCUT2D eigenvalue weighted by Gasteiger charge is 2.88. The molecule has 20 heteroatoms. The lowest BCUT2D eigenvalue weighted by molar-refractivity contribution is -0.275. The lowest BCUT2D eigenvalue weighted by Gasteiger charge is -2.30. The van der Waals surface area contributed by atoms with E-state index in [2.05, 4.69) is 9.47 Å². The van der Waals surface area contributed by atoms with Crippen LogP contribution in [0.15, 0.2) is 133 Å². The predicted molar refractivity (Wildman–Crippen MR) is 251 cm³/mol. The Balaban J connectivity index is 0.000000178. The molecule has 2 saturated heterocycles. The molecule has 4 aliphatic rings. The van der Waals surface area contributed by atoms with Gasteiger partial charge in [0.1, 0.15) is 11.5 Å². The standard InChI is InChI=1S/2C26H15Cl2F3N2O3/c2*1-24-21(22(34)33(23(24)35)19-11-17(27)10-18(28)12-19)25(24,15-4-2-14(13-32)3-5-15)16-6-8-20(9-7-16)36-26(29,30)31/h2*2-12,21H,1H3/t21-,24-,25+;21-,24-,25-/m11/s1. The van der Waals surface area contributed by atoms with Gasteiger partial charge in [-0.15, -0.1) is 26.3 Å². The van der Waals surface area contributed by atoms with Crippen molar-refractivity contribution in [3.8, 4) is 23.6 Å². The van der Waals surface area contributed by atoms with Crippen molar-refractivity contribution in [3.05, 3.63) is 187 Å². The van der Waals surface area contributed by atoms with E-state index in [1.807, 2.05) is 12.1 Å². The molecule has 0 aromatic heterocycles. The molecule has 72 heavy (non-hydrogen) atoms. The van der Waals surface area contributed by atoms with E-state index in [0.29, 0.717) is 33.4 Å². The van der Waals surface area contributed by atoms with E-state index >= 15 is 0 Å². The number of hydrogen-bond donors (Lipinski definition) is 0. The minimum atomic E-state index is -4.86. The quantitative estimate of drug-likeness (QED) is 0.108. The molecule has 0 N–H and O–H groups in total. The highest BCUT2D eigenvalue weighted by atomic mass is 35.5. The van der Waals surface area contributed by atoms with Crippen LogP contribution in [-0.2, 0) is 30.0 Å². The number of alkyl halides is 6. The molecular weight excluding hydrogens is 1030 g/mol. The van der Waals surface area contributed by atoms with E-state index in [0.717, 1.165) is 34.1 Å². The summed E-state index contributed by atoms with van der Waals surface area (Å²) in [5.41, 5.74) is -1.48. The molecule has 10 nitrogen and oxygen atoms in total. The van der Waals surface area contributed by atoms with E-state index in [-0.39, 0.29) is 31.5 Å². The molecule has 2 saturated carbocycles. The summed E-state index contributed by atoms with van der Waals surface area (Å²) in [7, 11) is 0. The highest BCUT2D eigenvalue weighted by molar-refractivity contribution is 6.37. The number of halogens is 10. The molecule has 0 unspecified atom stereocenters. The van der Waals surface area contributed by atoms with Crippen LogP contribution in [0, 0.1) is 45.3 Å². The second-order valence-electron chi connectivity index (χ2n) is 17.6. The molecule has 2 aliphatic heterocycles. The number of amides is 4. The van der Waals surface area contributed by atoms with Crippen LogP contribution in [0.3, 0.4) is 0 Å². The van der Waals surface area contributed by atoms with E-state index < -0.39 is 81.3 Å². The monoisotopic (exact) mass is 1060 g/mol. The Bertz CT molecular complexity index is 3080. The van der Waals surface area contributed by atoms with Gasteiger partial charge in [-0.3, -0.25) is 19.2 Å². The normalized spacial score (nSPS) is 24.9. The molecule has 10 rings (SSSR count). The fraction of sp³-hybridized carbons (Fsp3) is 0.192. The van der Waals surface area contributed by atoms with Gasteiger partial charge in [-0.05, 0) is 121 Å². The predicted octanol–water partition coefficient (Wildman–Crippen LogP) is 12.5. The Hall–Kier alpha value is -7.08. The lowest BCUT2D eigenvalue weighted by atomic mass is 9.78. The Morgan fingerprint density at radius 2 is 0.736 bits per heavy atom. The average molecular weight is 1060 g/mol. The number of carbonyl (C=O) groups is 4. The van der Waals surface area contributed by atoms with Gasteiger partial charge in [0.2, 0.25) is 23.6 Å². The third kappa shape index (κ3) is 7.71. The zero-order valence-corrected chi connectivity index (χ0v) is 39.9. The zero-order chi connectivity index (χ0) is 52.1. The van der Waals surface area contributed by atoms with Gasteiger partial charge in [0.05, 0.1) is 57.3 Å². The van der Waals surface area contributed by atoms with E-state index in [1.54, 1.807) is 62.4 Å². The third-order valence-corrected chi connectivity index (χ3v) is 14.8. The summed E-state index contributed by atoms with van der Waals surface area (Å²) in [5, 5.41) is 19.4. The molecule has 2 aliphatic carbocycles. The lowest BCUT2D eigenvalue weighted by Crippen LogP contribution is -2.42. The van der Waals surface area contributed by atoms with E-state index in [9.17, 15) is 56.0 Å². The molecule has 6 aromatic rings. The number of piperidine rings is 2. The first-order valence-corrected chi connectivity index (χ1v) is 22.8. The Morgan fingerprint density at radius 1 is 0.472 bits per heavy atom. The smallest absolute Gasteiger partial charge is 0.406 e. The van der Waals surface area contributed by atoms with Crippen LogP contribution < -0.4 is 19.3 Å². The number of anilines is 2. The molecular formula is C52H30Cl4F6N4O6. The number of rotatable bonds is 8. The largest absolute Gasteiger partial charge is 0.573 e. The van der Waals surface area contributed by atoms with Crippen LogP contribution in [0.1, 0.15) is 47.2 Å². The first kappa shape index (κ1) is 49.9. The molecule has 6 aromatic carbocycles. The Labute approximate surface area is 425 Å². The van der Waals surface area contributed by atoms with Gasteiger partial charge in [-0.25, -0.2) is 9.80 Å². The average Bonchev–Trinajstić information content (AvgIpc) is 4.05. The number of ether oxygens (including phenoxy) is 2. The second kappa shape index (κ2) is 17.3. The van der Waals surface area contributed by atoms with Gasteiger partial charge in [0.25, 0.3) is 0 Å². The molecule has 0 spiro atoms. The molecule has 6 atom stereocenters. The fourth-order valence-corrected chi connectivity index (χ4v) is 12.1. The van der Waals surface area contributed by atoms with Gasteiger partial charge >= 0.3 is 12.7 Å². The summed E-state index contributed by atoms with van der Waals surface area (Å²) in [6, 6.07) is 36.0. The summed E-state index contributed by atoms with van der Waals surface area (Å²) in [6.07, 6.45) is -9.72. The molecule has 364 valence electrons. The van der Waals surface area contributed by atoms with Crippen LogP contribution in [0.2, 0.25) is 20.1 Å². The van der Waals surface area contributed by atoms with Gasteiger partial charge in [0.15, 0.2) is 0 Å². The van der Waals surface area contributed by atoms with Gasteiger partial charge < -0.3 is 9.47 Å². The van der Waals surface area contributed by atoms with Crippen LogP contribution in [0.5, 0.6) is 11.5 Å². The van der Waals surface area contributed by atoms with E-state index in [4.69, 9.17) is 46.4 Å².